The van der Waals surface area contributed by atoms with Crippen LogP contribution in [0.1, 0.15) is 19.4 Å². The maximum atomic E-state index is 13.9. The van der Waals surface area contributed by atoms with Crippen LogP contribution in [-0.2, 0) is 6.42 Å². The Morgan fingerprint density at radius 3 is 2.82 bits per heavy atom. The standard InChI is InChI=1S/C13H19FN2O/c1-8(2)16-11(12(17)7-15)6-9-4-3-5-10(14)13(9)16/h3-5,8,11-12,17H,6-7,15H2,1-2H3. The van der Waals surface area contributed by atoms with E-state index in [9.17, 15) is 9.50 Å². The third-order valence-corrected chi connectivity index (χ3v) is 3.36. The molecule has 2 unspecified atom stereocenters. The third kappa shape index (κ3) is 2.03. The zero-order valence-electron chi connectivity index (χ0n) is 10.2. The molecule has 0 amide bonds. The first-order chi connectivity index (χ1) is 8.06. The molecule has 1 aromatic carbocycles. The molecule has 17 heavy (non-hydrogen) atoms. The molecule has 0 fully saturated rings. The van der Waals surface area contributed by atoms with Crippen LogP contribution >= 0.6 is 0 Å². The van der Waals surface area contributed by atoms with Crippen LogP contribution in [0.15, 0.2) is 18.2 Å². The zero-order valence-corrected chi connectivity index (χ0v) is 10.2. The van der Waals surface area contributed by atoms with Gasteiger partial charge in [-0.25, -0.2) is 4.39 Å². The summed E-state index contributed by atoms with van der Waals surface area (Å²) in [6, 6.07) is 5.11. The van der Waals surface area contributed by atoms with Gasteiger partial charge >= 0.3 is 0 Å². The van der Waals surface area contributed by atoms with Gasteiger partial charge in [-0.3, -0.25) is 0 Å². The summed E-state index contributed by atoms with van der Waals surface area (Å²) in [6.07, 6.45) is 0.0353. The highest BCUT2D eigenvalue weighted by atomic mass is 19.1. The maximum Gasteiger partial charge on any atom is 0.146 e. The minimum atomic E-state index is -0.621. The van der Waals surface area contributed by atoms with Crippen LogP contribution in [0.5, 0.6) is 0 Å². The average Bonchev–Trinajstić information content (AvgIpc) is 2.68. The van der Waals surface area contributed by atoms with Crippen LogP contribution in [-0.4, -0.2) is 29.8 Å². The SMILES string of the molecule is CC(C)N1c2c(F)cccc2CC1C(O)CN. The molecule has 2 rings (SSSR count). The summed E-state index contributed by atoms with van der Waals surface area (Å²) in [5.41, 5.74) is 7.10. The van der Waals surface area contributed by atoms with Crippen molar-refractivity contribution in [3.63, 3.8) is 0 Å². The van der Waals surface area contributed by atoms with E-state index in [1.54, 1.807) is 6.07 Å². The topological polar surface area (TPSA) is 49.5 Å². The molecule has 2 atom stereocenters. The highest BCUT2D eigenvalue weighted by molar-refractivity contribution is 5.61. The fourth-order valence-electron chi connectivity index (χ4n) is 2.62. The number of para-hydroxylation sites is 1. The first-order valence-corrected chi connectivity index (χ1v) is 6.00. The Hall–Kier alpha value is -1.13. The molecule has 1 aromatic rings. The number of nitrogens with zero attached hydrogens (tertiary/aromatic N) is 1. The van der Waals surface area contributed by atoms with Gasteiger partial charge in [-0.05, 0) is 31.9 Å². The molecule has 1 heterocycles. The second-order valence-electron chi connectivity index (χ2n) is 4.82. The van der Waals surface area contributed by atoms with Crippen molar-refractivity contribution in [3.8, 4) is 0 Å². The number of rotatable bonds is 3. The predicted octanol–water partition coefficient (Wildman–Crippen LogP) is 1.28. The number of aliphatic hydroxyl groups is 1. The number of anilines is 1. The molecule has 0 spiro atoms. The Kier molecular flexibility index (Phi) is 3.35. The number of benzene rings is 1. The Labute approximate surface area is 101 Å². The van der Waals surface area contributed by atoms with E-state index in [2.05, 4.69) is 0 Å². The first-order valence-electron chi connectivity index (χ1n) is 6.00. The minimum Gasteiger partial charge on any atom is -0.390 e. The van der Waals surface area contributed by atoms with Crippen molar-refractivity contribution in [1.82, 2.24) is 0 Å². The monoisotopic (exact) mass is 238 g/mol. The summed E-state index contributed by atoms with van der Waals surface area (Å²) in [7, 11) is 0. The predicted molar refractivity (Wildman–Crippen MR) is 66.6 cm³/mol. The van der Waals surface area contributed by atoms with Crippen molar-refractivity contribution in [2.75, 3.05) is 11.4 Å². The van der Waals surface area contributed by atoms with Crippen LogP contribution in [0.3, 0.4) is 0 Å². The zero-order chi connectivity index (χ0) is 12.6. The number of hydrogen-bond donors (Lipinski definition) is 2. The molecule has 0 radical (unpaired) electrons. The van der Waals surface area contributed by atoms with Crippen molar-refractivity contribution >= 4 is 5.69 Å². The summed E-state index contributed by atoms with van der Waals surface area (Å²) in [5, 5.41) is 9.95. The smallest absolute Gasteiger partial charge is 0.146 e. The van der Waals surface area contributed by atoms with E-state index in [1.807, 2.05) is 24.8 Å². The van der Waals surface area contributed by atoms with Gasteiger partial charge in [0.05, 0.1) is 17.8 Å². The molecule has 0 saturated heterocycles. The Balaban J connectivity index is 2.42. The van der Waals surface area contributed by atoms with Gasteiger partial charge in [-0.1, -0.05) is 12.1 Å². The van der Waals surface area contributed by atoms with E-state index >= 15 is 0 Å². The third-order valence-electron chi connectivity index (χ3n) is 3.36. The summed E-state index contributed by atoms with van der Waals surface area (Å²) >= 11 is 0. The van der Waals surface area contributed by atoms with Crippen molar-refractivity contribution in [3.05, 3.63) is 29.6 Å². The van der Waals surface area contributed by atoms with E-state index in [-0.39, 0.29) is 24.4 Å². The molecular weight excluding hydrogens is 219 g/mol. The summed E-state index contributed by atoms with van der Waals surface area (Å²) < 4.78 is 13.9. The quantitative estimate of drug-likeness (QED) is 0.834. The lowest BCUT2D eigenvalue weighted by Gasteiger charge is -2.34. The van der Waals surface area contributed by atoms with Gasteiger partial charge in [0.15, 0.2) is 0 Å². The fourth-order valence-corrected chi connectivity index (χ4v) is 2.62. The average molecular weight is 238 g/mol. The molecular formula is C13H19FN2O. The van der Waals surface area contributed by atoms with Gasteiger partial charge in [0.25, 0.3) is 0 Å². The molecule has 3 N–H and O–H groups in total. The molecule has 0 bridgehead atoms. The molecule has 1 aliphatic heterocycles. The number of fused-ring (bicyclic) bond motifs is 1. The van der Waals surface area contributed by atoms with E-state index in [0.717, 1.165) is 5.56 Å². The lowest BCUT2D eigenvalue weighted by Crippen LogP contribution is -2.48. The van der Waals surface area contributed by atoms with E-state index in [0.29, 0.717) is 12.1 Å². The second-order valence-corrected chi connectivity index (χ2v) is 4.82. The number of nitrogens with two attached hydrogens (primary N) is 1. The van der Waals surface area contributed by atoms with E-state index in [1.165, 1.54) is 6.07 Å². The van der Waals surface area contributed by atoms with Crippen molar-refractivity contribution < 1.29 is 9.50 Å². The molecule has 1 aliphatic rings. The van der Waals surface area contributed by atoms with Crippen molar-refractivity contribution in [2.45, 2.75) is 38.5 Å². The van der Waals surface area contributed by atoms with Gasteiger partial charge in [0, 0.05) is 12.6 Å². The number of halogens is 1. The van der Waals surface area contributed by atoms with Gasteiger partial charge < -0.3 is 15.7 Å². The van der Waals surface area contributed by atoms with Crippen LogP contribution in [0.4, 0.5) is 10.1 Å². The van der Waals surface area contributed by atoms with Crippen molar-refractivity contribution in [1.29, 1.82) is 0 Å². The Bertz CT molecular complexity index is 408. The van der Waals surface area contributed by atoms with E-state index in [4.69, 9.17) is 5.73 Å². The lowest BCUT2D eigenvalue weighted by atomic mass is 10.1. The van der Waals surface area contributed by atoms with Crippen LogP contribution in [0.2, 0.25) is 0 Å². The lowest BCUT2D eigenvalue weighted by molar-refractivity contribution is 0.148. The molecule has 0 aliphatic carbocycles. The Morgan fingerprint density at radius 2 is 2.24 bits per heavy atom. The maximum absolute atomic E-state index is 13.9. The van der Waals surface area contributed by atoms with Gasteiger partial charge in [0.1, 0.15) is 5.82 Å². The summed E-state index contributed by atoms with van der Waals surface area (Å²) in [6.45, 7) is 4.19. The molecule has 0 aromatic heterocycles. The molecule has 4 heteroatoms. The highest BCUT2D eigenvalue weighted by Crippen LogP contribution is 2.37. The molecule has 3 nitrogen and oxygen atoms in total. The molecule has 0 saturated carbocycles. The van der Waals surface area contributed by atoms with Gasteiger partial charge in [0.2, 0.25) is 0 Å². The normalized spacial score (nSPS) is 20.8. The number of aliphatic hydroxyl groups excluding tert-OH is 1. The van der Waals surface area contributed by atoms with Crippen LogP contribution in [0, 0.1) is 5.82 Å². The van der Waals surface area contributed by atoms with Gasteiger partial charge in [-0.2, -0.15) is 0 Å². The largest absolute Gasteiger partial charge is 0.390 e. The summed E-state index contributed by atoms with van der Waals surface area (Å²) in [5.74, 6) is -0.220. The van der Waals surface area contributed by atoms with Crippen LogP contribution < -0.4 is 10.6 Å². The van der Waals surface area contributed by atoms with E-state index < -0.39 is 6.10 Å². The summed E-state index contributed by atoms with van der Waals surface area (Å²) in [4.78, 5) is 1.95. The fraction of sp³-hybridized carbons (Fsp3) is 0.538. The van der Waals surface area contributed by atoms with Gasteiger partial charge in [-0.15, -0.1) is 0 Å². The first kappa shape index (κ1) is 12.3. The number of hydrogen-bond acceptors (Lipinski definition) is 3. The second kappa shape index (κ2) is 4.63. The highest BCUT2D eigenvalue weighted by Gasteiger charge is 2.36. The van der Waals surface area contributed by atoms with Crippen LogP contribution in [0.25, 0.3) is 0 Å². The van der Waals surface area contributed by atoms with Crippen molar-refractivity contribution in [2.24, 2.45) is 5.73 Å². The molecule has 94 valence electrons. The Morgan fingerprint density at radius 1 is 1.53 bits per heavy atom. The minimum absolute atomic E-state index is 0.119.